The van der Waals surface area contributed by atoms with Gasteiger partial charge < -0.3 is 10.6 Å². The fraction of sp³-hybridized carbons (Fsp3) is 0.533. The Kier molecular flexibility index (Phi) is 8.85. The Labute approximate surface area is 155 Å². The zero-order valence-electron chi connectivity index (χ0n) is 13.3. The van der Waals surface area contributed by atoms with E-state index < -0.39 is 10.0 Å². The molecule has 1 aromatic carbocycles. The lowest BCUT2D eigenvalue weighted by Crippen LogP contribution is -2.41. The van der Waals surface area contributed by atoms with Crippen LogP contribution in [0.15, 0.2) is 35.3 Å². The van der Waals surface area contributed by atoms with Gasteiger partial charge in [0.25, 0.3) is 0 Å². The summed E-state index contributed by atoms with van der Waals surface area (Å²) >= 11 is 0. The van der Waals surface area contributed by atoms with Crippen LogP contribution >= 0.6 is 24.0 Å². The maximum Gasteiger partial charge on any atom is 0.213 e. The molecule has 0 aliphatic heterocycles. The molecule has 0 unspecified atom stereocenters. The van der Waals surface area contributed by atoms with Gasteiger partial charge in [0.2, 0.25) is 10.0 Å². The number of guanidine groups is 1. The van der Waals surface area contributed by atoms with Crippen molar-refractivity contribution in [1.29, 1.82) is 0 Å². The molecule has 0 radical (unpaired) electrons. The Morgan fingerprint density at radius 3 is 2.52 bits per heavy atom. The van der Waals surface area contributed by atoms with Crippen molar-refractivity contribution >= 4 is 40.0 Å². The number of hydrogen-bond donors (Lipinski definition) is 3. The van der Waals surface area contributed by atoms with E-state index in [0.717, 1.165) is 18.0 Å². The smallest absolute Gasteiger partial charge is 0.213 e. The van der Waals surface area contributed by atoms with Crippen LogP contribution in [-0.2, 0) is 16.6 Å². The van der Waals surface area contributed by atoms with E-state index in [0.29, 0.717) is 19.0 Å². The van der Waals surface area contributed by atoms with E-state index in [4.69, 9.17) is 0 Å². The van der Waals surface area contributed by atoms with Crippen molar-refractivity contribution < 1.29 is 8.42 Å². The van der Waals surface area contributed by atoms with Crippen molar-refractivity contribution in [2.24, 2.45) is 10.9 Å². The molecule has 0 heterocycles. The fourth-order valence-electron chi connectivity index (χ4n) is 1.95. The highest BCUT2D eigenvalue weighted by Crippen LogP contribution is 2.27. The van der Waals surface area contributed by atoms with E-state index in [-0.39, 0.29) is 29.7 Å². The Hall–Kier alpha value is -0.870. The fourth-order valence-corrected chi connectivity index (χ4v) is 2.85. The van der Waals surface area contributed by atoms with Crippen LogP contribution in [0.1, 0.15) is 18.4 Å². The zero-order valence-corrected chi connectivity index (χ0v) is 16.4. The summed E-state index contributed by atoms with van der Waals surface area (Å²) in [7, 11) is -1.61. The Morgan fingerprint density at radius 2 is 1.91 bits per heavy atom. The third-order valence-corrected chi connectivity index (χ3v) is 4.81. The van der Waals surface area contributed by atoms with Gasteiger partial charge in [0.1, 0.15) is 0 Å². The van der Waals surface area contributed by atoms with Gasteiger partial charge in [-0.3, -0.25) is 4.99 Å². The number of halogens is 1. The Balaban J connectivity index is 0.00000264. The minimum absolute atomic E-state index is 0. The number of nitrogens with one attached hydrogen (secondary N) is 3. The van der Waals surface area contributed by atoms with Crippen molar-refractivity contribution in [3.63, 3.8) is 0 Å². The number of rotatable bonds is 8. The van der Waals surface area contributed by atoms with Gasteiger partial charge in [-0.2, -0.15) is 0 Å². The number of sulfonamides is 1. The average Bonchev–Trinajstić information content (AvgIpc) is 3.34. The second-order valence-corrected chi connectivity index (χ2v) is 7.38. The molecule has 0 aromatic heterocycles. The van der Waals surface area contributed by atoms with Crippen molar-refractivity contribution in [1.82, 2.24) is 15.4 Å². The second kappa shape index (κ2) is 10.1. The van der Waals surface area contributed by atoms with Crippen molar-refractivity contribution in [3.8, 4) is 0 Å². The predicted octanol–water partition coefficient (Wildman–Crippen LogP) is 1.30. The number of hydrogen-bond acceptors (Lipinski definition) is 3. The van der Waals surface area contributed by atoms with E-state index in [1.54, 1.807) is 7.05 Å². The van der Waals surface area contributed by atoms with Crippen LogP contribution in [0.3, 0.4) is 0 Å². The lowest BCUT2D eigenvalue weighted by molar-refractivity contribution is 0.579. The van der Waals surface area contributed by atoms with Gasteiger partial charge in [0.15, 0.2) is 5.96 Å². The predicted molar refractivity (Wildman–Crippen MR) is 105 cm³/mol. The normalized spacial score (nSPS) is 14.9. The quantitative estimate of drug-likeness (QED) is 0.316. The molecule has 1 saturated carbocycles. The van der Waals surface area contributed by atoms with E-state index in [1.807, 2.05) is 30.3 Å². The average molecular weight is 452 g/mol. The minimum atomic E-state index is -3.30. The minimum Gasteiger partial charge on any atom is -0.356 e. The van der Waals surface area contributed by atoms with Crippen LogP contribution < -0.4 is 15.4 Å². The van der Waals surface area contributed by atoms with Crippen molar-refractivity contribution in [2.75, 3.05) is 25.9 Å². The molecule has 0 spiro atoms. The van der Waals surface area contributed by atoms with Gasteiger partial charge in [0.05, 0.1) is 5.75 Å². The van der Waals surface area contributed by atoms with E-state index in [9.17, 15) is 8.42 Å². The molecule has 130 valence electrons. The molecule has 6 nitrogen and oxygen atoms in total. The topological polar surface area (TPSA) is 82.6 Å². The molecule has 0 amide bonds. The first-order valence-electron chi connectivity index (χ1n) is 7.55. The molecule has 3 N–H and O–H groups in total. The monoisotopic (exact) mass is 452 g/mol. The highest BCUT2D eigenvalue weighted by Gasteiger charge is 2.21. The maximum absolute atomic E-state index is 11.9. The summed E-state index contributed by atoms with van der Waals surface area (Å²) in [5.74, 6) is 1.42. The summed E-state index contributed by atoms with van der Waals surface area (Å²) in [4.78, 5) is 4.08. The first kappa shape index (κ1) is 20.2. The summed E-state index contributed by atoms with van der Waals surface area (Å²) < 4.78 is 26.5. The van der Waals surface area contributed by atoms with Crippen LogP contribution in [0.4, 0.5) is 0 Å². The summed E-state index contributed by atoms with van der Waals surface area (Å²) in [5.41, 5.74) is 0.945. The van der Waals surface area contributed by atoms with E-state index >= 15 is 0 Å². The van der Waals surface area contributed by atoms with Crippen LogP contribution in [0, 0.1) is 5.92 Å². The Morgan fingerprint density at radius 1 is 1.22 bits per heavy atom. The second-order valence-electron chi connectivity index (χ2n) is 5.45. The molecule has 0 atom stereocenters. The van der Waals surface area contributed by atoms with E-state index in [2.05, 4.69) is 20.3 Å². The summed E-state index contributed by atoms with van der Waals surface area (Å²) in [6.45, 7) is 1.55. The van der Waals surface area contributed by atoms with Crippen LogP contribution in [0.2, 0.25) is 0 Å². The van der Waals surface area contributed by atoms with Gasteiger partial charge in [0, 0.05) is 26.7 Å². The number of benzene rings is 1. The highest BCUT2D eigenvalue weighted by atomic mass is 127. The lowest BCUT2D eigenvalue weighted by Gasteiger charge is -2.12. The first-order chi connectivity index (χ1) is 10.6. The molecule has 1 aliphatic carbocycles. The SMILES string of the molecule is CN=C(NCCS(=O)(=O)NCc1ccccc1)NCC1CC1.I. The van der Waals surface area contributed by atoms with E-state index in [1.165, 1.54) is 12.8 Å². The molecule has 0 bridgehead atoms. The van der Waals surface area contributed by atoms with Gasteiger partial charge in [-0.25, -0.2) is 13.1 Å². The molecule has 1 aliphatic rings. The van der Waals surface area contributed by atoms with Crippen molar-refractivity contribution in [3.05, 3.63) is 35.9 Å². The number of nitrogens with zero attached hydrogens (tertiary/aromatic N) is 1. The largest absolute Gasteiger partial charge is 0.356 e. The Bertz CT molecular complexity index is 589. The molecule has 2 rings (SSSR count). The third-order valence-electron chi connectivity index (χ3n) is 3.48. The maximum atomic E-state index is 11.9. The highest BCUT2D eigenvalue weighted by molar-refractivity contribution is 14.0. The molecule has 23 heavy (non-hydrogen) atoms. The lowest BCUT2D eigenvalue weighted by atomic mass is 10.2. The molecule has 1 fully saturated rings. The molecule has 0 saturated heterocycles. The van der Waals surface area contributed by atoms with Crippen LogP contribution in [0.25, 0.3) is 0 Å². The van der Waals surface area contributed by atoms with Crippen LogP contribution in [0.5, 0.6) is 0 Å². The first-order valence-corrected chi connectivity index (χ1v) is 9.20. The van der Waals surface area contributed by atoms with Gasteiger partial charge >= 0.3 is 0 Å². The molecule has 1 aromatic rings. The molecular formula is C15H25IN4O2S. The van der Waals surface area contributed by atoms with Crippen molar-refractivity contribution in [2.45, 2.75) is 19.4 Å². The zero-order chi connectivity index (χ0) is 15.8. The summed E-state index contributed by atoms with van der Waals surface area (Å²) in [6, 6.07) is 9.47. The standard InChI is InChI=1S/C15H24N4O2S.HI/c1-16-15(18-11-14-7-8-14)17-9-10-22(20,21)19-12-13-5-3-2-4-6-13;/h2-6,14,19H,7-12H2,1H3,(H2,16,17,18);1H. The molecular weight excluding hydrogens is 427 g/mol. The van der Waals surface area contributed by atoms with Gasteiger partial charge in [-0.1, -0.05) is 30.3 Å². The summed E-state index contributed by atoms with van der Waals surface area (Å²) in [6.07, 6.45) is 2.53. The summed E-state index contributed by atoms with van der Waals surface area (Å²) in [5, 5.41) is 6.23. The van der Waals surface area contributed by atoms with Crippen LogP contribution in [-0.4, -0.2) is 40.3 Å². The number of aliphatic imine (C=N–C) groups is 1. The molecule has 8 heteroatoms. The third kappa shape index (κ3) is 8.52. The van der Waals surface area contributed by atoms with Gasteiger partial charge in [-0.05, 0) is 24.3 Å². The van der Waals surface area contributed by atoms with Gasteiger partial charge in [-0.15, -0.1) is 24.0 Å².